The standard InChI is InChI=1S/C25H28N2O4/c1-27(16-20-9-12-23(29-2)15-24(20)30-3)17-25(28)26-21-10-13-22(14-11-21)31-18-19-7-5-4-6-8-19/h4-15H,16-18H2,1-3H3,(H,26,28)/p+1. The van der Waals surface area contributed by atoms with E-state index in [0.717, 1.165) is 39.0 Å². The van der Waals surface area contributed by atoms with Gasteiger partial charge in [-0.15, -0.1) is 0 Å². The molecule has 1 amide bonds. The lowest BCUT2D eigenvalue weighted by Crippen LogP contribution is -3.08. The lowest BCUT2D eigenvalue weighted by molar-refractivity contribution is -0.885. The molecule has 3 aromatic rings. The predicted octanol–water partition coefficient (Wildman–Crippen LogP) is 2.94. The number of rotatable bonds is 10. The average Bonchev–Trinajstić information content (AvgIpc) is 2.79. The largest absolute Gasteiger partial charge is 0.497 e. The smallest absolute Gasteiger partial charge is 0.279 e. The Morgan fingerprint density at radius 1 is 0.903 bits per heavy atom. The summed E-state index contributed by atoms with van der Waals surface area (Å²) >= 11 is 0. The van der Waals surface area contributed by atoms with E-state index in [2.05, 4.69) is 5.32 Å². The van der Waals surface area contributed by atoms with Crippen molar-refractivity contribution < 1.29 is 23.9 Å². The minimum absolute atomic E-state index is 0.0528. The number of hydrogen-bond donors (Lipinski definition) is 2. The number of quaternary nitrogens is 1. The Bertz CT molecular complexity index is 975. The van der Waals surface area contributed by atoms with Crippen molar-refractivity contribution in [3.8, 4) is 17.2 Å². The van der Waals surface area contributed by atoms with Crippen LogP contribution in [0.2, 0.25) is 0 Å². The summed E-state index contributed by atoms with van der Waals surface area (Å²) in [5.74, 6) is 2.21. The van der Waals surface area contributed by atoms with Crippen LogP contribution in [0.25, 0.3) is 0 Å². The second kappa shape index (κ2) is 11.0. The maximum atomic E-state index is 12.4. The fourth-order valence-electron chi connectivity index (χ4n) is 3.24. The summed E-state index contributed by atoms with van der Waals surface area (Å²) in [7, 11) is 5.23. The molecule has 0 bridgehead atoms. The van der Waals surface area contributed by atoms with E-state index in [-0.39, 0.29) is 5.91 Å². The van der Waals surface area contributed by atoms with Crippen LogP contribution in [-0.2, 0) is 17.9 Å². The number of amides is 1. The summed E-state index contributed by atoms with van der Waals surface area (Å²) in [5, 5.41) is 2.94. The highest BCUT2D eigenvalue weighted by atomic mass is 16.5. The summed E-state index contributed by atoms with van der Waals surface area (Å²) in [6.45, 7) is 1.50. The van der Waals surface area contributed by atoms with E-state index >= 15 is 0 Å². The zero-order valence-electron chi connectivity index (χ0n) is 18.2. The quantitative estimate of drug-likeness (QED) is 0.529. The van der Waals surface area contributed by atoms with Crippen LogP contribution in [0.15, 0.2) is 72.8 Å². The van der Waals surface area contributed by atoms with Crippen molar-refractivity contribution in [2.45, 2.75) is 13.2 Å². The number of methoxy groups -OCH3 is 2. The van der Waals surface area contributed by atoms with Crippen molar-refractivity contribution in [1.82, 2.24) is 0 Å². The number of anilines is 1. The lowest BCUT2D eigenvalue weighted by Gasteiger charge is -2.16. The van der Waals surface area contributed by atoms with Crippen LogP contribution in [0.3, 0.4) is 0 Å². The summed E-state index contributed by atoms with van der Waals surface area (Å²) in [5.41, 5.74) is 2.87. The van der Waals surface area contributed by atoms with Crippen molar-refractivity contribution in [2.24, 2.45) is 0 Å². The van der Waals surface area contributed by atoms with E-state index in [9.17, 15) is 4.79 Å². The van der Waals surface area contributed by atoms with E-state index in [0.29, 0.717) is 19.7 Å². The molecule has 0 fully saturated rings. The molecule has 0 aliphatic carbocycles. The van der Waals surface area contributed by atoms with Gasteiger partial charge in [0.05, 0.1) is 21.3 Å². The molecule has 0 aromatic heterocycles. The normalized spacial score (nSPS) is 11.5. The molecule has 0 spiro atoms. The van der Waals surface area contributed by atoms with Crippen LogP contribution >= 0.6 is 0 Å². The highest BCUT2D eigenvalue weighted by molar-refractivity contribution is 5.91. The van der Waals surface area contributed by atoms with E-state index in [1.165, 1.54) is 0 Å². The molecular formula is C25H29N2O4+. The zero-order chi connectivity index (χ0) is 22.1. The monoisotopic (exact) mass is 421 g/mol. The summed E-state index contributed by atoms with van der Waals surface area (Å²) in [4.78, 5) is 13.5. The van der Waals surface area contributed by atoms with E-state index in [1.807, 2.05) is 79.8 Å². The van der Waals surface area contributed by atoms with Gasteiger partial charge >= 0.3 is 0 Å². The van der Waals surface area contributed by atoms with E-state index in [4.69, 9.17) is 14.2 Å². The van der Waals surface area contributed by atoms with Crippen molar-refractivity contribution in [3.05, 3.63) is 83.9 Å². The van der Waals surface area contributed by atoms with Crippen LogP contribution in [0, 0.1) is 0 Å². The number of carbonyl (C=O) groups is 1. The van der Waals surface area contributed by atoms with Gasteiger partial charge in [-0.2, -0.15) is 0 Å². The van der Waals surface area contributed by atoms with Crippen molar-refractivity contribution in [1.29, 1.82) is 0 Å². The average molecular weight is 422 g/mol. The lowest BCUT2D eigenvalue weighted by atomic mass is 10.2. The van der Waals surface area contributed by atoms with E-state index in [1.54, 1.807) is 14.2 Å². The third-order valence-electron chi connectivity index (χ3n) is 4.84. The molecule has 0 aliphatic rings. The Labute approximate surface area is 183 Å². The fourth-order valence-corrected chi connectivity index (χ4v) is 3.24. The first-order valence-corrected chi connectivity index (χ1v) is 10.2. The maximum absolute atomic E-state index is 12.4. The van der Waals surface area contributed by atoms with Crippen LogP contribution in [-0.4, -0.2) is 33.7 Å². The minimum atomic E-state index is -0.0528. The highest BCUT2D eigenvalue weighted by Crippen LogP contribution is 2.23. The molecular weight excluding hydrogens is 392 g/mol. The third kappa shape index (κ3) is 6.76. The predicted molar refractivity (Wildman–Crippen MR) is 121 cm³/mol. The van der Waals surface area contributed by atoms with Gasteiger partial charge < -0.3 is 24.4 Å². The fraction of sp³-hybridized carbons (Fsp3) is 0.240. The first-order chi connectivity index (χ1) is 15.1. The molecule has 31 heavy (non-hydrogen) atoms. The molecule has 0 saturated heterocycles. The van der Waals surface area contributed by atoms with Gasteiger partial charge in [-0.05, 0) is 42.0 Å². The van der Waals surface area contributed by atoms with Gasteiger partial charge in [-0.1, -0.05) is 30.3 Å². The Hall–Kier alpha value is -3.51. The number of hydrogen-bond acceptors (Lipinski definition) is 4. The molecule has 0 aliphatic heterocycles. The van der Waals surface area contributed by atoms with Crippen molar-refractivity contribution >= 4 is 11.6 Å². The number of benzene rings is 3. The zero-order valence-corrected chi connectivity index (χ0v) is 18.2. The molecule has 3 rings (SSSR count). The van der Waals surface area contributed by atoms with Gasteiger partial charge in [0.1, 0.15) is 30.4 Å². The molecule has 6 nitrogen and oxygen atoms in total. The third-order valence-corrected chi connectivity index (χ3v) is 4.84. The second-order valence-corrected chi connectivity index (χ2v) is 7.34. The molecule has 162 valence electrons. The summed E-state index contributed by atoms with van der Waals surface area (Å²) in [6.07, 6.45) is 0. The van der Waals surface area contributed by atoms with Crippen molar-refractivity contribution in [3.63, 3.8) is 0 Å². The first-order valence-electron chi connectivity index (χ1n) is 10.2. The molecule has 0 heterocycles. The topological polar surface area (TPSA) is 61.2 Å². The van der Waals surface area contributed by atoms with E-state index < -0.39 is 0 Å². The molecule has 2 N–H and O–H groups in total. The van der Waals surface area contributed by atoms with Gasteiger partial charge in [0, 0.05) is 17.3 Å². The van der Waals surface area contributed by atoms with Crippen LogP contribution in [0.4, 0.5) is 5.69 Å². The maximum Gasteiger partial charge on any atom is 0.279 e. The molecule has 6 heteroatoms. The first kappa shape index (κ1) is 22.2. The molecule has 0 radical (unpaired) electrons. The molecule has 1 atom stereocenters. The molecule has 1 unspecified atom stereocenters. The molecule has 0 saturated carbocycles. The van der Waals surface area contributed by atoms with Crippen molar-refractivity contribution in [2.75, 3.05) is 33.1 Å². The van der Waals surface area contributed by atoms with Gasteiger partial charge in [0.25, 0.3) is 5.91 Å². The minimum Gasteiger partial charge on any atom is -0.497 e. The Balaban J connectivity index is 1.48. The number of nitrogens with one attached hydrogen (secondary N) is 2. The Morgan fingerprint density at radius 2 is 1.61 bits per heavy atom. The number of ether oxygens (including phenoxy) is 3. The van der Waals surface area contributed by atoms with Gasteiger partial charge in [-0.3, -0.25) is 4.79 Å². The summed E-state index contributed by atoms with van der Waals surface area (Å²) < 4.78 is 16.5. The number of carbonyl (C=O) groups excluding carboxylic acids is 1. The Kier molecular flexibility index (Phi) is 7.90. The number of likely N-dealkylation sites (N-methyl/N-ethyl adjacent to an activating group) is 1. The Morgan fingerprint density at radius 3 is 2.29 bits per heavy atom. The van der Waals surface area contributed by atoms with Crippen LogP contribution in [0.5, 0.6) is 17.2 Å². The van der Waals surface area contributed by atoms with Gasteiger partial charge in [-0.25, -0.2) is 0 Å². The van der Waals surface area contributed by atoms with Crippen LogP contribution in [0.1, 0.15) is 11.1 Å². The highest BCUT2D eigenvalue weighted by Gasteiger charge is 2.14. The SMILES string of the molecule is COc1ccc(C[NH+](C)CC(=O)Nc2ccc(OCc3ccccc3)cc2)c(OC)c1. The second-order valence-electron chi connectivity index (χ2n) is 7.34. The van der Waals surface area contributed by atoms with Crippen LogP contribution < -0.4 is 24.4 Å². The van der Waals surface area contributed by atoms with Gasteiger partial charge in [0.15, 0.2) is 6.54 Å². The molecule has 3 aromatic carbocycles. The summed E-state index contributed by atoms with van der Waals surface area (Å²) in [6, 6.07) is 23.1. The van der Waals surface area contributed by atoms with Gasteiger partial charge in [0.2, 0.25) is 0 Å².